The SMILES string of the molecule is BrC1CCCCCC1OCC1CCOC1. The zero-order chi connectivity index (χ0) is 10.5. The van der Waals surface area contributed by atoms with Crippen LogP contribution >= 0.6 is 15.9 Å². The van der Waals surface area contributed by atoms with Crippen LogP contribution in [0, 0.1) is 5.92 Å². The molecule has 1 saturated carbocycles. The van der Waals surface area contributed by atoms with Gasteiger partial charge in [-0.2, -0.15) is 0 Å². The molecule has 0 aromatic rings. The lowest BCUT2D eigenvalue weighted by Gasteiger charge is -2.22. The molecular formula is C12H21BrO2. The molecule has 3 atom stereocenters. The molecule has 0 aromatic carbocycles. The average molecular weight is 277 g/mol. The summed E-state index contributed by atoms with van der Waals surface area (Å²) in [5.74, 6) is 0.646. The van der Waals surface area contributed by atoms with Crippen LogP contribution in [0.25, 0.3) is 0 Å². The largest absolute Gasteiger partial charge is 0.381 e. The van der Waals surface area contributed by atoms with Gasteiger partial charge in [0.2, 0.25) is 0 Å². The van der Waals surface area contributed by atoms with Gasteiger partial charge in [0, 0.05) is 17.4 Å². The van der Waals surface area contributed by atoms with Gasteiger partial charge in [0.05, 0.1) is 19.3 Å². The van der Waals surface area contributed by atoms with Gasteiger partial charge in [0.15, 0.2) is 0 Å². The molecule has 0 spiro atoms. The molecule has 3 unspecified atom stereocenters. The highest BCUT2D eigenvalue weighted by atomic mass is 79.9. The normalized spacial score (nSPS) is 37.8. The van der Waals surface area contributed by atoms with Gasteiger partial charge in [-0.3, -0.25) is 0 Å². The predicted octanol–water partition coefficient (Wildman–Crippen LogP) is 3.14. The molecule has 0 aromatic heterocycles. The maximum Gasteiger partial charge on any atom is 0.0700 e. The molecule has 1 heterocycles. The van der Waals surface area contributed by atoms with Crippen LogP contribution in [0.4, 0.5) is 0 Å². The van der Waals surface area contributed by atoms with Crippen molar-refractivity contribution in [1.82, 2.24) is 0 Å². The molecule has 1 saturated heterocycles. The molecular weight excluding hydrogens is 256 g/mol. The minimum atomic E-state index is 0.438. The second kappa shape index (κ2) is 6.21. The number of ether oxygens (including phenoxy) is 2. The van der Waals surface area contributed by atoms with Crippen molar-refractivity contribution in [2.75, 3.05) is 19.8 Å². The van der Waals surface area contributed by atoms with Gasteiger partial charge in [-0.05, 0) is 19.3 Å². The number of hydrogen-bond acceptors (Lipinski definition) is 2. The lowest BCUT2D eigenvalue weighted by molar-refractivity contribution is 0.0224. The van der Waals surface area contributed by atoms with Crippen LogP contribution < -0.4 is 0 Å². The minimum Gasteiger partial charge on any atom is -0.381 e. The van der Waals surface area contributed by atoms with E-state index in [1.54, 1.807) is 0 Å². The summed E-state index contributed by atoms with van der Waals surface area (Å²) in [5, 5.41) is 0. The van der Waals surface area contributed by atoms with Crippen molar-refractivity contribution in [3.05, 3.63) is 0 Å². The summed E-state index contributed by atoms with van der Waals surface area (Å²) in [6.07, 6.45) is 8.16. The summed E-state index contributed by atoms with van der Waals surface area (Å²) in [7, 11) is 0. The standard InChI is InChI=1S/C12H21BrO2/c13-11-4-2-1-3-5-12(11)15-9-10-6-7-14-8-10/h10-12H,1-9H2. The molecule has 0 N–H and O–H groups in total. The fourth-order valence-electron chi connectivity index (χ4n) is 2.39. The van der Waals surface area contributed by atoms with Crippen molar-refractivity contribution in [2.24, 2.45) is 5.92 Å². The zero-order valence-electron chi connectivity index (χ0n) is 9.29. The van der Waals surface area contributed by atoms with Crippen LogP contribution in [0.15, 0.2) is 0 Å². The van der Waals surface area contributed by atoms with Crippen molar-refractivity contribution < 1.29 is 9.47 Å². The molecule has 1 aliphatic carbocycles. The van der Waals surface area contributed by atoms with E-state index < -0.39 is 0 Å². The Hall–Kier alpha value is 0.400. The highest BCUT2D eigenvalue weighted by molar-refractivity contribution is 9.09. The van der Waals surface area contributed by atoms with Crippen molar-refractivity contribution in [2.45, 2.75) is 49.5 Å². The number of hydrogen-bond donors (Lipinski definition) is 0. The Labute approximate surface area is 101 Å². The van der Waals surface area contributed by atoms with Gasteiger partial charge in [-0.25, -0.2) is 0 Å². The molecule has 0 radical (unpaired) electrons. The second-order valence-corrected chi connectivity index (χ2v) is 5.93. The Balaban J connectivity index is 1.71. The van der Waals surface area contributed by atoms with Crippen molar-refractivity contribution in [1.29, 1.82) is 0 Å². The zero-order valence-corrected chi connectivity index (χ0v) is 10.9. The fourth-order valence-corrected chi connectivity index (χ4v) is 3.13. The van der Waals surface area contributed by atoms with E-state index in [2.05, 4.69) is 15.9 Å². The summed E-state index contributed by atoms with van der Waals surface area (Å²) in [6.45, 7) is 2.73. The molecule has 2 aliphatic rings. The highest BCUT2D eigenvalue weighted by Gasteiger charge is 2.24. The van der Waals surface area contributed by atoms with E-state index >= 15 is 0 Å². The first kappa shape index (κ1) is 11.9. The minimum absolute atomic E-state index is 0.438. The lowest BCUT2D eigenvalue weighted by Crippen LogP contribution is -2.26. The molecule has 1 aliphatic heterocycles. The van der Waals surface area contributed by atoms with Gasteiger partial charge in [-0.15, -0.1) is 0 Å². The maximum absolute atomic E-state index is 6.03. The van der Waals surface area contributed by atoms with Crippen molar-refractivity contribution in [3.63, 3.8) is 0 Å². The van der Waals surface area contributed by atoms with Crippen LogP contribution in [0.3, 0.4) is 0 Å². The van der Waals surface area contributed by atoms with Crippen LogP contribution in [0.5, 0.6) is 0 Å². The molecule has 0 bridgehead atoms. The molecule has 15 heavy (non-hydrogen) atoms. The Morgan fingerprint density at radius 2 is 2.00 bits per heavy atom. The van der Waals surface area contributed by atoms with E-state index in [9.17, 15) is 0 Å². The topological polar surface area (TPSA) is 18.5 Å². The van der Waals surface area contributed by atoms with E-state index in [1.807, 2.05) is 0 Å². The summed E-state index contributed by atoms with van der Waals surface area (Å²) >= 11 is 3.76. The third-order valence-corrected chi connectivity index (χ3v) is 4.49. The van der Waals surface area contributed by atoms with Crippen molar-refractivity contribution in [3.8, 4) is 0 Å². The monoisotopic (exact) mass is 276 g/mol. The number of rotatable bonds is 3. The first-order chi connectivity index (χ1) is 7.36. The third-order valence-electron chi connectivity index (χ3n) is 3.44. The molecule has 88 valence electrons. The van der Waals surface area contributed by atoms with Crippen LogP contribution in [-0.4, -0.2) is 30.8 Å². The molecule has 3 heteroatoms. The van der Waals surface area contributed by atoms with Crippen molar-refractivity contribution >= 4 is 15.9 Å². The Kier molecular flexibility index (Phi) is 4.92. The van der Waals surface area contributed by atoms with Gasteiger partial charge in [0.1, 0.15) is 0 Å². The van der Waals surface area contributed by atoms with Crippen LogP contribution in [0.2, 0.25) is 0 Å². The first-order valence-corrected chi connectivity index (χ1v) is 7.11. The number of halogens is 1. The summed E-state index contributed by atoms with van der Waals surface area (Å²) < 4.78 is 11.4. The Morgan fingerprint density at radius 3 is 2.80 bits per heavy atom. The summed E-state index contributed by atoms with van der Waals surface area (Å²) in [6, 6.07) is 0. The lowest BCUT2D eigenvalue weighted by atomic mass is 10.1. The Morgan fingerprint density at radius 1 is 1.13 bits per heavy atom. The van der Waals surface area contributed by atoms with E-state index in [1.165, 1.54) is 38.5 Å². The maximum atomic E-state index is 6.03. The van der Waals surface area contributed by atoms with E-state index in [0.29, 0.717) is 16.8 Å². The van der Waals surface area contributed by atoms with E-state index in [-0.39, 0.29) is 0 Å². The number of alkyl halides is 1. The Bertz CT molecular complexity index is 180. The summed E-state index contributed by atoms with van der Waals surface area (Å²) in [4.78, 5) is 0.572. The second-order valence-electron chi connectivity index (χ2n) is 4.76. The van der Waals surface area contributed by atoms with E-state index in [0.717, 1.165) is 19.8 Å². The summed E-state index contributed by atoms with van der Waals surface area (Å²) in [5.41, 5.74) is 0. The smallest absolute Gasteiger partial charge is 0.0700 e. The quantitative estimate of drug-likeness (QED) is 0.583. The average Bonchev–Trinajstić information content (AvgIpc) is 2.67. The van der Waals surface area contributed by atoms with Crippen LogP contribution in [0.1, 0.15) is 38.5 Å². The van der Waals surface area contributed by atoms with Gasteiger partial charge in [-0.1, -0.05) is 35.2 Å². The third kappa shape index (κ3) is 3.72. The molecule has 2 nitrogen and oxygen atoms in total. The molecule has 2 rings (SSSR count). The molecule has 2 fully saturated rings. The molecule has 0 amide bonds. The van der Waals surface area contributed by atoms with Gasteiger partial charge < -0.3 is 9.47 Å². The van der Waals surface area contributed by atoms with Gasteiger partial charge >= 0.3 is 0 Å². The predicted molar refractivity (Wildman–Crippen MR) is 64.5 cm³/mol. The highest BCUT2D eigenvalue weighted by Crippen LogP contribution is 2.27. The van der Waals surface area contributed by atoms with Gasteiger partial charge in [0.25, 0.3) is 0 Å². The van der Waals surface area contributed by atoms with E-state index in [4.69, 9.17) is 9.47 Å². The fraction of sp³-hybridized carbons (Fsp3) is 1.00. The first-order valence-electron chi connectivity index (χ1n) is 6.19. The van der Waals surface area contributed by atoms with Crippen LogP contribution in [-0.2, 0) is 9.47 Å².